The minimum Gasteiger partial charge on any atom is -0.389 e. The standard InChI is InChI=1S/C15H16N2S/c1-9-4-5-10(2)13(8-9)14-7-6-12(15(16)18)11(3)17-14/h4-8H,1-3H3,(H2,16,18). The normalized spacial score (nSPS) is 10.4. The monoisotopic (exact) mass is 256 g/mol. The summed E-state index contributed by atoms with van der Waals surface area (Å²) in [5.74, 6) is 0. The average Bonchev–Trinajstić information content (AvgIpc) is 2.31. The Morgan fingerprint density at radius 2 is 1.83 bits per heavy atom. The van der Waals surface area contributed by atoms with Crippen molar-refractivity contribution in [3.63, 3.8) is 0 Å². The van der Waals surface area contributed by atoms with E-state index in [2.05, 4.69) is 37.0 Å². The molecule has 0 atom stereocenters. The van der Waals surface area contributed by atoms with Gasteiger partial charge >= 0.3 is 0 Å². The van der Waals surface area contributed by atoms with Crippen molar-refractivity contribution in [2.45, 2.75) is 20.8 Å². The summed E-state index contributed by atoms with van der Waals surface area (Å²) in [5, 5.41) is 0. The second-order valence-corrected chi connectivity index (χ2v) is 4.95. The SMILES string of the molecule is Cc1ccc(C)c(-c2ccc(C(N)=S)c(C)n2)c1. The summed E-state index contributed by atoms with van der Waals surface area (Å²) in [6.45, 7) is 6.11. The molecule has 0 bridgehead atoms. The summed E-state index contributed by atoms with van der Waals surface area (Å²) in [7, 11) is 0. The van der Waals surface area contributed by atoms with E-state index in [1.807, 2.05) is 19.1 Å². The van der Waals surface area contributed by atoms with E-state index in [4.69, 9.17) is 18.0 Å². The molecule has 2 aromatic rings. The van der Waals surface area contributed by atoms with Gasteiger partial charge in [0.05, 0.1) is 5.69 Å². The molecule has 18 heavy (non-hydrogen) atoms. The average molecular weight is 256 g/mol. The van der Waals surface area contributed by atoms with Gasteiger partial charge in [-0.05, 0) is 44.5 Å². The van der Waals surface area contributed by atoms with E-state index in [0.717, 1.165) is 22.5 Å². The molecule has 2 rings (SSSR count). The van der Waals surface area contributed by atoms with Crippen LogP contribution >= 0.6 is 12.2 Å². The van der Waals surface area contributed by atoms with Crippen LogP contribution in [-0.4, -0.2) is 9.97 Å². The zero-order valence-electron chi connectivity index (χ0n) is 10.8. The van der Waals surface area contributed by atoms with Gasteiger partial charge in [0.15, 0.2) is 0 Å². The predicted octanol–water partition coefficient (Wildman–Crippen LogP) is 3.31. The van der Waals surface area contributed by atoms with Crippen molar-refractivity contribution in [3.05, 3.63) is 52.7 Å². The van der Waals surface area contributed by atoms with Gasteiger partial charge in [0.1, 0.15) is 4.99 Å². The molecule has 1 heterocycles. The van der Waals surface area contributed by atoms with Crippen molar-refractivity contribution in [1.29, 1.82) is 0 Å². The molecule has 0 saturated heterocycles. The molecule has 0 radical (unpaired) electrons. The molecule has 3 heteroatoms. The highest BCUT2D eigenvalue weighted by Gasteiger charge is 2.08. The molecule has 0 aliphatic carbocycles. The van der Waals surface area contributed by atoms with Crippen LogP contribution in [0.4, 0.5) is 0 Å². The van der Waals surface area contributed by atoms with Gasteiger partial charge in [-0.3, -0.25) is 4.98 Å². The van der Waals surface area contributed by atoms with Gasteiger partial charge in [-0.1, -0.05) is 29.9 Å². The molecule has 0 saturated carbocycles. The molecule has 2 N–H and O–H groups in total. The Morgan fingerprint density at radius 3 is 2.44 bits per heavy atom. The lowest BCUT2D eigenvalue weighted by Gasteiger charge is -2.09. The Kier molecular flexibility index (Phi) is 3.43. The minimum atomic E-state index is 0.396. The van der Waals surface area contributed by atoms with Crippen LogP contribution in [0.3, 0.4) is 0 Å². The van der Waals surface area contributed by atoms with Gasteiger partial charge in [-0.2, -0.15) is 0 Å². The molecular weight excluding hydrogens is 240 g/mol. The molecule has 0 aliphatic rings. The van der Waals surface area contributed by atoms with Gasteiger partial charge in [0.2, 0.25) is 0 Å². The lowest BCUT2D eigenvalue weighted by atomic mass is 10.0. The maximum absolute atomic E-state index is 5.65. The maximum atomic E-state index is 5.65. The summed E-state index contributed by atoms with van der Waals surface area (Å²) >= 11 is 4.99. The number of benzene rings is 1. The Morgan fingerprint density at radius 1 is 1.11 bits per heavy atom. The third kappa shape index (κ3) is 2.41. The van der Waals surface area contributed by atoms with Crippen LogP contribution in [0.5, 0.6) is 0 Å². The van der Waals surface area contributed by atoms with E-state index in [0.29, 0.717) is 4.99 Å². The second kappa shape index (κ2) is 4.86. The fourth-order valence-corrected chi connectivity index (χ4v) is 2.20. The Hall–Kier alpha value is -1.74. The smallest absolute Gasteiger partial charge is 0.105 e. The summed E-state index contributed by atoms with van der Waals surface area (Å²) < 4.78 is 0. The number of hydrogen-bond donors (Lipinski definition) is 1. The molecule has 92 valence electrons. The first kappa shape index (κ1) is 12.7. The van der Waals surface area contributed by atoms with E-state index >= 15 is 0 Å². The number of aromatic nitrogens is 1. The number of aryl methyl sites for hydroxylation is 3. The zero-order chi connectivity index (χ0) is 13.3. The fraction of sp³-hybridized carbons (Fsp3) is 0.200. The van der Waals surface area contributed by atoms with Crippen molar-refractivity contribution >= 4 is 17.2 Å². The van der Waals surface area contributed by atoms with Crippen molar-refractivity contribution in [1.82, 2.24) is 4.98 Å². The molecular formula is C15H16N2S. The quantitative estimate of drug-likeness (QED) is 0.838. The van der Waals surface area contributed by atoms with Gasteiger partial charge < -0.3 is 5.73 Å². The number of rotatable bonds is 2. The van der Waals surface area contributed by atoms with Crippen molar-refractivity contribution in [2.24, 2.45) is 5.73 Å². The topological polar surface area (TPSA) is 38.9 Å². The highest BCUT2D eigenvalue weighted by Crippen LogP contribution is 2.23. The summed E-state index contributed by atoms with van der Waals surface area (Å²) in [6.07, 6.45) is 0. The largest absolute Gasteiger partial charge is 0.389 e. The number of thiocarbonyl (C=S) groups is 1. The molecule has 2 nitrogen and oxygen atoms in total. The first-order chi connectivity index (χ1) is 8.49. The zero-order valence-corrected chi connectivity index (χ0v) is 11.6. The minimum absolute atomic E-state index is 0.396. The van der Waals surface area contributed by atoms with Crippen LogP contribution in [0.25, 0.3) is 11.3 Å². The number of pyridine rings is 1. The third-order valence-electron chi connectivity index (χ3n) is 3.02. The highest BCUT2D eigenvalue weighted by molar-refractivity contribution is 7.80. The van der Waals surface area contributed by atoms with E-state index in [9.17, 15) is 0 Å². The third-order valence-corrected chi connectivity index (χ3v) is 3.24. The second-order valence-electron chi connectivity index (χ2n) is 4.51. The van der Waals surface area contributed by atoms with Crippen LogP contribution in [0.15, 0.2) is 30.3 Å². The highest BCUT2D eigenvalue weighted by atomic mass is 32.1. The molecule has 1 aromatic heterocycles. The molecule has 0 amide bonds. The van der Waals surface area contributed by atoms with Crippen molar-refractivity contribution in [3.8, 4) is 11.3 Å². The van der Waals surface area contributed by atoms with E-state index < -0.39 is 0 Å². The molecule has 1 aromatic carbocycles. The first-order valence-corrected chi connectivity index (χ1v) is 6.25. The van der Waals surface area contributed by atoms with Crippen LogP contribution in [0.1, 0.15) is 22.4 Å². The maximum Gasteiger partial charge on any atom is 0.105 e. The van der Waals surface area contributed by atoms with Gasteiger partial charge in [-0.25, -0.2) is 0 Å². The lowest BCUT2D eigenvalue weighted by Crippen LogP contribution is -2.12. The summed E-state index contributed by atoms with van der Waals surface area (Å²) in [4.78, 5) is 4.99. The Balaban J connectivity index is 2.55. The van der Waals surface area contributed by atoms with Crippen molar-refractivity contribution < 1.29 is 0 Å². The van der Waals surface area contributed by atoms with Gasteiger partial charge in [0.25, 0.3) is 0 Å². The summed E-state index contributed by atoms with van der Waals surface area (Å²) in [6, 6.07) is 10.3. The molecule has 0 unspecified atom stereocenters. The van der Waals surface area contributed by atoms with Crippen LogP contribution in [0, 0.1) is 20.8 Å². The van der Waals surface area contributed by atoms with Crippen LogP contribution in [0.2, 0.25) is 0 Å². The van der Waals surface area contributed by atoms with E-state index in [1.54, 1.807) is 0 Å². The lowest BCUT2D eigenvalue weighted by molar-refractivity contribution is 1.18. The van der Waals surface area contributed by atoms with E-state index in [1.165, 1.54) is 11.1 Å². The number of nitrogens with zero attached hydrogens (tertiary/aromatic N) is 1. The molecule has 0 aliphatic heterocycles. The van der Waals surface area contributed by atoms with Crippen molar-refractivity contribution in [2.75, 3.05) is 0 Å². The Bertz CT molecular complexity index is 618. The molecule has 0 fully saturated rings. The van der Waals surface area contributed by atoms with E-state index in [-0.39, 0.29) is 0 Å². The van der Waals surface area contributed by atoms with Gasteiger partial charge in [0, 0.05) is 16.8 Å². The predicted molar refractivity (Wildman–Crippen MR) is 79.8 cm³/mol. The fourth-order valence-electron chi connectivity index (χ4n) is 1.98. The molecule has 0 spiro atoms. The number of nitrogens with two attached hydrogens (primary N) is 1. The van der Waals surface area contributed by atoms with Gasteiger partial charge in [-0.15, -0.1) is 0 Å². The van der Waals surface area contributed by atoms with Crippen LogP contribution in [-0.2, 0) is 0 Å². The first-order valence-electron chi connectivity index (χ1n) is 5.84. The Labute approximate surface area is 113 Å². The summed E-state index contributed by atoms with van der Waals surface area (Å²) in [5.41, 5.74) is 11.9. The number of hydrogen-bond acceptors (Lipinski definition) is 2. The van der Waals surface area contributed by atoms with Crippen LogP contribution < -0.4 is 5.73 Å².